The van der Waals surface area contributed by atoms with E-state index in [1.54, 1.807) is 25.3 Å². The second-order valence-electron chi connectivity index (χ2n) is 3.68. The number of rotatable bonds is 4. The molecule has 1 aromatic carbocycles. The van der Waals surface area contributed by atoms with Crippen LogP contribution in [-0.2, 0) is 4.74 Å². The van der Waals surface area contributed by atoms with Crippen LogP contribution in [0.5, 0.6) is 0 Å². The Balaban J connectivity index is 2.84. The Morgan fingerprint density at radius 2 is 2.12 bits per heavy atom. The Hall–Kier alpha value is -1.24. The molecule has 4 heteroatoms. The summed E-state index contributed by atoms with van der Waals surface area (Å²) in [5.74, 6) is 0. The molecular formula is C12H15ClN2O. The predicted octanol–water partition coefficient (Wildman–Crippen LogP) is 3.05. The highest BCUT2D eigenvalue weighted by Gasteiger charge is 2.12. The second kappa shape index (κ2) is 5.74. The van der Waals surface area contributed by atoms with Gasteiger partial charge in [0.05, 0.1) is 28.4 Å². The van der Waals surface area contributed by atoms with Crippen molar-refractivity contribution in [2.24, 2.45) is 0 Å². The fourth-order valence-electron chi connectivity index (χ4n) is 1.27. The van der Waals surface area contributed by atoms with Gasteiger partial charge in [0.1, 0.15) is 0 Å². The summed E-state index contributed by atoms with van der Waals surface area (Å²) in [6.07, 6.45) is 0.0711. The smallest absolute Gasteiger partial charge is 0.0992 e. The third-order valence-corrected chi connectivity index (χ3v) is 2.88. The molecule has 1 aromatic rings. The van der Waals surface area contributed by atoms with E-state index < -0.39 is 0 Å². The predicted molar refractivity (Wildman–Crippen MR) is 65.7 cm³/mol. The van der Waals surface area contributed by atoms with Crippen molar-refractivity contribution in [3.8, 4) is 6.07 Å². The zero-order valence-electron chi connectivity index (χ0n) is 9.62. The highest BCUT2D eigenvalue weighted by atomic mass is 35.5. The Kier molecular flexibility index (Phi) is 4.60. The molecule has 0 fully saturated rings. The van der Waals surface area contributed by atoms with Crippen LogP contribution in [0.15, 0.2) is 18.2 Å². The monoisotopic (exact) mass is 238 g/mol. The van der Waals surface area contributed by atoms with Gasteiger partial charge in [-0.2, -0.15) is 5.26 Å². The summed E-state index contributed by atoms with van der Waals surface area (Å²) >= 11 is 6.03. The van der Waals surface area contributed by atoms with Crippen molar-refractivity contribution in [1.82, 2.24) is 0 Å². The highest BCUT2D eigenvalue weighted by Crippen LogP contribution is 2.24. The summed E-state index contributed by atoms with van der Waals surface area (Å²) in [5.41, 5.74) is 1.35. The zero-order valence-corrected chi connectivity index (χ0v) is 10.4. The van der Waals surface area contributed by atoms with Gasteiger partial charge in [0.25, 0.3) is 0 Å². The van der Waals surface area contributed by atoms with E-state index in [0.717, 1.165) is 5.69 Å². The summed E-state index contributed by atoms with van der Waals surface area (Å²) in [7, 11) is 1.66. The van der Waals surface area contributed by atoms with Crippen molar-refractivity contribution < 1.29 is 4.74 Å². The number of nitrogens with one attached hydrogen (secondary N) is 1. The molecule has 1 rings (SSSR count). The largest absolute Gasteiger partial charge is 0.380 e. The number of methoxy groups -OCH3 is 1. The minimum atomic E-state index is 0.0711. The van der Waals surface area contributed by atoms with Gasteiger partial charge in [0, 0.05) is 13.2 Å². The summed E-state index contributed by atoms with van der Waals surface area (Å²) in [4.78, 5) is 0. The summed E-state index contributed by atoms with van der Waals surface area (Å²) in [5, 5.41) is 12.6. The van der Waals surface area contributed by atoms with E-state index in [4.69, 9.17) is 21.6 Å². The van der Waals surface area contributed by atoms with E-state index >= 15 is 0 Å². The third kappa shape index (κ3) is 3.13. The molecule has 0 bridgehead atoms. The molecule has 0 aliphatic rings. The molecule has 86 valence electrons. The standard InChI is InChI=1S/C12H15ClN2O/c1-8(9(2)16-3)15-12-6-10(7-14)4-5-11(12)13/h4-6,8-9,15H,1-3H3. The molecule has 2 unspecified atom stereocenters. The van der Waals surface area contributed by atoms with Crippen molar-refractivity contribution in [3.05, 3.63) is 28.8 Å². The van der Waals surface area contributed by atoms with Gasteiger partial charge in [-0.25, -0.2) is 0 Å². The maximum absolute atomic E-state index is 8.80. The van der Waals surface area contributed by atoms with Gasteiger partial charge in [0.15, 0.2) is 0 Å². The van der Waals surface area contributed by atoms with E-state index in [1.165, 1.54) is 0 Å². The lowest BCUT2D eigenvalue weighted by molar-refractivity contribution is 0.106. The Morgan fingerprint density at radius 1 is 1.44 bits per heavy atom. The number of halogens is 1. The number of benzene rings is 1. The summed E-state index contributed by atoms with van der Waals surface area (Å²) < 4.78 is 5.21. The maximum atomic E-state index is 8.80. The van der Waals surface area contributed by atoms with Crippen LogP contribution in [0.25, 0.3) is 0 Å². The van der Waals surface area contributed by atoms with Crippen LogP contribution >= 0.6 is 11.6 Å². The first-order valence-corrected chi connectivity index (χ1v) is 5.45. The highest BCUT2D eigenvalue weighted by molar-refractivity contribution is 6.33. The van der Waals surface area contributed by atoms with Gasteiger partial charge in [0.2, 0.25) is 0 Å². The molecule has 0 saturated carbocycles. The van der Waals surface area contributed by atoms with Gasteiger partial charge >= 0.3 is 0 Å². The summed E-state index contributed by atoms with van der Waals surface area (Å²) in [6, 6.07) is 7.35. The normalized spacial score (nSPS) is 13.9. The lowest BCUT2D eigenvalue weighted by Gasteiger charge is -2.21. The molecule has 3 nitrogen and oxygen atoms in total. The van der Waals surface area contributed by atoms with Gasteiger partial charge in [-0.15, -0.1) is 0 Å². The quantitative estimate of drug-likeness (QED) is 0.877. The molecule has 16 heavy (non-hydrogen) atoms. The third-order valence-electron chi connectivity index (χ3n) is 2.55. The van der Waals surface area contributed by atoms with Crippen LogP contribution in [0, 0.1) is 11.3 Å². The van der Waals surface area contributed by atoms with Crippen molar-refractivity contribution in [1.29, 1.82) is 5.26 Å². The first-order valence-electron chi connectivity index (χ1n) is 5.07. The van der Waals surface area contributed by atoms with E-state index in [9.17, 15) is 0 Å². The lowest BCUT2D eigenvalue weighted by Crippen LogP contribution is -2.29. The molecular weight excluding hydrogens is 224 g/mol. The molecule has 0 saturated heterocycles. The van der Waals surface area contributed by atoms with Crippen molar-refractivity contribution in [2.45, 2.75) is 26.0 Å². The van der Waals surface area contributed by atoms with Crippen molar-refractivity contribution >= 4 is 17.3 Å². The first-order chi connectivity index (χ1) is 7.58. The molecule has 0 aliphatic heterocycles. The van der Waals surface area contributed by atoms with Crippen molar-refractivity contribution in [3.63, 3.8) is 0 Å². The van der Waals surface area contributed by atoms with E-state index in [2.05, 4.69) is 11.4 Å². The number of anilines is 1. The fourth-order valence-corrected chi connectivity index (χ4v) is 1.44. The number of ether oxygens (including phenoxy) is 1. The Labute approximate surface area is 101 Å². The van der Waals surface area contributed by atoms with Crippen LogP contribution in [0.2, 0.25) is 5.02 Å². The van der Waals surface area contributed by atoms with Crippen molar-refractivity contribution in [2.75, 3.05) is 12.4 Å². The molecule has 0 aromatic heterocycles. The van der Waals surface area contributed by atoms with Crippen LogP contribution in [0.1, 0.15) is 19.4 Å². The Bertz CT molecular complexity index is 400. The fraction of sp³-hybridized carbons (Fsp3) is 0.417. The number of nitrogens with zero attached hydrogens (tertiary/aromatic N) is 1. The van der Waals surface area contributed by atoms with Crippen LogP contribution in [0.3, 0.4) is 0 Å². The van der Waals surface area contributed by atoms with Gasteiger partial charge < -0.3 is 10.1 Å². The second-order valence-corrected chi connectivity index (χ2v) is 4.09. The van der Waals surface area contributed by atoms with Gasteiger partial charge in [-0.1, -0.05) is 11.6 Å². The average Bonchev–Trinajstić information content (AvgIpc) is 2.30. The van der Waals surface area contributed by atoms with Crippen LogP contribution in [-0.4, -0.2) is 19.3 Å². The molecule has 0 radical (unpaired) electrons. The molecule has 1 N–H and O–H groups in total. The lowest BCUT2D eigenvalue weighted by atomic mass is 10.1. The average molecular weight is 239 g/mol. The molecule has 0 amide bonds. The van der Waals surface area contributed by atoms with E-state index in [-0.39, 0.29) is 12.1 Å². The number of hydrogen-bond acceptors (Lipinski definition) is 3. The Morgan fingerprint density at radius 3 is 2.69 bits per heavy atom. The number of hydrogen-bond donors (Lipinski definition) is 1. The minimum Gasteiger partial charge on any atom is -0.380 e. The van der Waals surface area contributed by atoms with Crippen LogP contribution in [0.4, 0.5) is 5.69 Å². The van der Waals surface area contributed by atoms with E-state index in [1.807, 2.05) is 13.8 Å². The first kappa shape index (κ1) is 12.8. The molecule has 2 atom stereocenters. The minimum absolute atomic E-state index is 0.0711. The topological polar surface area (TPSA) is 45.0 Å². The zero-order chi connectivity index (χ0) is 12.1. The maximum Gasteiger partial charge on any atom is 0.0992 e. The SMILES string of the molecule is COC(C)C(C)Nc1cc(C#N)ccc1Cl. The van der Waals surface area contributed by atoms with E-state index in [0.29, 0.717) is 10.6 Å². The van der Waals surface area contributed by atoms with Crippen LogP contribution < -0.4 is 5.32 Å². The number of nitriles is 1. The molecule has 0 spiro atoms. The van der Waals surface area contributed by atoms with Gasteiger partial charge in [-0.05, 0) is 32.0 Å². The molecule has 0 aliphatic carbocycles. The van der Waals surface area contributed by atoms with Gasteiger partial charge in [-0.3, -0.25) is 0 Å². The molecule has 0 heterocycles. The summed E-state index contributed by atoms with van der Waals surface area (Å²) in [6.45, 7) is 3.98.